The van der Waals surface area contributed by atoms with Crippen LogP contribution < -0.4 is 11.5 Å². The molecule has 1 aliphatic carbocycles. The topological polar surface area (TPSA) is 89.6 Å². The van der Waals surface area contributed by atoms with E-state index in [1.165, 1.54) is 5.56 Å². The summed E-state index contributed by atoms with van der Waals surface area (Å²) in [4.78, 5) is 4.55. The van der Waals surface area contributed by atoms with E-state index >= 15 is 0 Å². The Kier molecular flexibility index (Phi) is 4.53. The van der Waals surface area contributed by atoms with Gasteiger partial charge in [-0.1, -0.05) is 29.3 Å². The van der Waals surface area contributed by atoms with E-state index in [4.69, 9.17) is 23.1 Å². The van der Waals surface area contributed by atoms with E-state index in [0.717, 1.165) is 46.0 Å². The van der Waals surface area contributed by atoms with Crippen molar-refractivity contribution in [2.45, 2.75) is 32.6 Å². The minimum absolute atomic E-state index is 0.0543. The maximum Gasteiger partial charge on any atom is 0.211 e. The van der Waals surface area contributed by atoms with Crippen LogP contribution in [-0.4, -0.2) is 16.7 Å². The molecule has 0 aliphatic heterocycles. The number of halogens is 1. The molecule has 0 radical (unpaired) electrons. The van der Waals surface area contributed by atoms with Crippen LogP contribution in [-0.2, 0) is 6.42 Å². The standard InChI is InChI=1S/C18H20ClN5/c1-10-3-4-14(19)13(7-10)12-8-15-17(11(2)5-6-22-15)16(9-12)23-24-18(20)21/h3-7,12H,8-9H2,1-2H3,(H4,20,21,24)/b23-16-. The summed E-state index contributed by atoms with van der Waals surface area (Å²) in [5.74, 6) is 0.147. The molecule has 2 aromatic rings. The van der Waals surface area contributed by atoms with E-state index < -0.39 is 0 Å². The number of aromatic nitrogens is 1. The van der Waals surface area contributed by atoms with Gasteiger partial charge in [0, 0.05) is 16.8 Å². The highest BCUT2D eigenvalue weighted by Crippen LogP contribution is 2.37. The molecule has 1 aliphatic rings. The van der Waals surface area contributed by atoms with Crippen molar-refractivity contribution in [3.63, 3.8) is 0 Å². The Hall–Kier alpha value is -2.40. The predicted octanol–water partition coefficient (Wildman–Crippen LogP) is 3.06. The number of aryl methyl sites for hydroxylation is 2. The monoisotopic (exact) mass is 341 g/mol. The zero-order valence-corrected chi connectivity index (χ0v) is 14.5. The van der Waals surface area contributed by atoms with Gasteiger partial charge in [-0.15, -0.1) is 5.10 Å². The van der Waals surface area contributed by atoms with Crippen molar-refractivity contribution in [1.29, 1.82) is 0 Å². The molecule has 0 saturated heterocycles. The molecule has 1 heterocycles. The van der Waals surface area contributed by atoms with E-state index in [9.17, 15) is 0 Å². The molecule has 0 bridgehead atoms. The van der Waals surface area contributed by atoms with Gasteiger partial charge in [-0.2, -0.15) is 5.10 Å². The van der Waals surface area contributed by atoms with E-state index in [-0.39, 0.29) is 11.9 Å². The van der Waals surface area contributed by atoms with E-state index in [0.29, 0.717) is 0 Å². The number of nitrogens with zero attached hydrogens (tertiary/aromatic N) is 3. The van der Waals surface area contributed by atoms with Crippen molar-refractivity contribution < 1.29 is 0 Å². The Morgan fingerprint density at radius 1 is 1.21 bits per heavy atom. The number of nitrogens with two attached hydrogens (primary N) is 2. The number of benzene rings is 1. The number of hydrogen-bond donors (Lipinski definition) is 2. The fraction of sp³-hybridized carbons (Fsp3) is 0.278. The minimum atomic E-state index is -0.0543. The maximum absolute atomic E-state index is 6.44. The van der Waals surface area contributed by atoms with Crippen molar-refractivity contribution in [2.24, 2.45) is 21.7 Å². The molecule has 6 heteroatoms. The van der Waals surface area contributed by atoms with Gasteiger partial charge in [-0.25, -0.2) is 0 Å². The molecule has 1 aromatic heterocycles. The fourth-order valence-corrected chi connectivity index (χ4v) is 3.48. The number of fused-ring (bicyclic) bond motifs is 1. The van der Waals surface area contributed by atoms with Crippen molar-refractivity contribution in [3.8, 4) is 0 Å². The molecule has 24 heavy (non-hydrogen) atoms. The van der Waals surface area contributed by atoms with Crippen LogP contribution in [0.15, 0.2) is 40.7 Å². The molecule has 4 N–H and O–H groups in total. The molecular weight excluding hydrogens is 322 g/mol. The van der Waals surface area contributed by atoms with Crippen LogP contribution in [0.2, 0.25) is 5.02 Å². The number of rotatable bonds is 2. The number of guanidine groups is 1. The second kappa shape index (κ2) is 6.61. The Balaban J connectivity index is 2.10. The lowest BCUT2D eigenvalue weighted by molar-refractivity contribution is 0.677. The number of pyridine rings is 1. The Labute approximate surface area is 146 Å². The van der Waals surface area contributed by atoms with Gasteiger partial charge in [0.15, 0.2) is 0 Å². The van der Waals surface area contributed by atoms with E-state index in [1.807, 2.05) is 31.3 Å². The average molecular weight is 342 g/mol. The molecule has 1 atom stereocenters. The molecule has 1 unspecified atom stereocenters. The second-order valence-corrected chi connectivity index (χ2v) is 6.56. The first-order valence-corrected chi connectivity index (χ1v) is 8.20. The molecule has 124 valence electrons. The first-order valence-electron chi connectivity index (χ1n) is 7.82. The van der Waals surface area contributed by atoms with Gasteiger partial charge in [0.2, 0.25) is 5.96 Å². The predicted molar refractivity (Wildman–Crippen MR) is 98.6 cm³/mol. The average Bonchev–Trinajstić information content (AvgIpc) is 2.54. The van der Waals surface area contributed by atoms with E-state index in [1.54, 1.807) is 0 Å². The van der Waals surface area contributed by atoms with Crippen molar-refractivity contribution in [2.75, 3.05) is 0 Å². The largest absolute Gasteiger partial charge is 0.369 e. The molecule has 0 amide bonds. The zero-order chi connectivity index (χ0) is 17.3. The van der Waals surface area contributed by atoms with E-state index in [2.05, 4.69) is 28.2 Å². The van der Waals surface area contributed by atoms with Gasteiger partial charge in [0.1, 0.15) is 0 Å². The quantitative estimate of drug-likeness (QED) is 0.499. The summed E-state index contributed by atoms with van der Waals surface area (Å²) in [7, 11) is 0. The second-order valence-electron chi connectivity index (χ2n) is 6.15. The molecule has 0 saturated carbocycles. The smallest absolute Gasteiger partial charge is 0.211 e. The summed E-state index contributed by atoms with van der Waals surface area (Å²) in [6.07, 6.45) is 3.37. The molecule has 0 spiro atoms. The van der Waals surface area contributed by atoms with Crippen molar-refractivity contribution in [1.82, 2.24) is 4.98 Å². The van der Waals surface area contributed by atoms with Crippen LogP contribution in [0.3, 0.4) is 0 Å². The van der Waals surface area contributed by atoms with Crippen molar-refractivity contribution in [3.05, 3.63) is 63.4 Å². The highest BCUT2D eigenvalue weighted by molar-refractivity contribution is 6.31. The summed E-state index contributed by atoms with van der Waals surface area (Å²) in [5.41, 5.74) is 17.2. The molecule has 0 fully saturated rings. The third-order valence-electron chi connectivity index (χ3n) is 4.28. The van der Waals surface area contributed by atoms with Gasteiger partial charge < -0.3 is 11.5 Å². The van der Waals surface area contributed by atoms with Crippen LogP contribution in [0, 0.1) is 13.8 Å². The first kappa shape index (κ1) is 16.5. The third-order valence-corrected chi connectivity index (χ3v) is 4.63. The maximum atomic E-state index is 6.44. The highest BCUT2D eigenvalue weighted by atomic mass is 35.5. The van der Waals surface area contributed by atoms with Crippen LogP contribution in [0.4, 0.5) is 0 Å². The summed E-state index contributed by atoms with van der Waals surface area (Å²) < 4.78 is 0. The SMILES string of the molecule is Cc1ccc(Cl)c(C2C/C(=N/N=C(N)N)c3c(C)ccnc3C2)c1. The molecular formula is C18H20ClN5. The first-order chi connectivity index (χ1) is 11.5. The Morgan fingerprint density at radius 2 is 2.00 bits per heavy atom. The normalized spacial score (nSPS) is 18.3. The van der Waals surface area contributed by atoms with Crippen LogP contribution in [0.5, 0.6) is 0 Å². The lowest BCUT2D eigenvalue weighted by Gasteiger charge is -2.27. The molecule has 3 rings (SSSR count). The third kappa shape index (κ3) is 3.26. The highest BCUT2D eigenvalue weighted by Gasteiger charge is 2.28. The summed E-state index contributed by atoms with van der Waals surface area (Å²) in [6, 6.07) is 8.06. The lowest BCUT2D eigenvalue weighted by atomic mass is 9.79. The summed E-state index contributed by atoms with van der Waals surface area (Å²) >= 11 is 6.44. The Bertz CT molecular complexity index is 837. The van der Waals surface area contributed by atoms with Gasteiger partial charge in [-0.3, -0.25) is 4.98 Å². The van der Waals surface area contributed by atoms with Crippen LogP contribution in [0.25, 0.3) is 0 Å². The Morgan fingerprint density at radius 3 is 2.75 bits per heavy atom. The summed E-state index contributed by atoms with van der Waals surface area (Å²) in [5, 5.41) is 8.91. The van der Waals surface area contributed by atoms with Crippen molar-refractivity contribution >= 4 is 23.3 Å². The van der Waals surface area contributed by atoms with Gasteiger partial charge >= 0.3 is 0 Å². The number of hydrogen-bond acceptors (Lipinski definition) is 3. The van der Waals surface area contributed by atoms with Crippen LogP contribution >= 0.6 is 11.6 Å². The molecule has 5 nitrogen and oxygen atoms in total. The lowest BCUT2D eigenvalue weighted by Crippen LogP contribution is -2.24. The van der Waals surface area contributed by atoms with Gasteiger partial charge in [-0.05, 0) is 55.9 Å². The van der Waals surface area contributed by atoms with Crippen LogP contribution in [0.1, 0.15) is 40.3 Å². The minimum Gasteiger partial charge on any atom is -0.369 e. The zero-order valence-electron chi connectivity index (χ0n) is 13.8. The molecule has 1 aromatic carbocycles. The van der Waals surface area contributed by atoms with Gasteiger partial charge in [0.25, 0.3) is 0 Å². The fourth-order valence-electron chi connectivity index (χ4n) is 3.21. The summed E-state index contributed by atoms with van der Waals surface area (Å²) in [6.45, 7) is 4.11. The van der Waals surface area contributed by atoms with Gasteiger partial charge in [0.05, 0.1) is 11.4 Å².